The van der Waals surface area contributed by atoms with E-state index in [0.29, 0.717) is 23.1 Å². The van der Waals surface area contributed by atoms with E-state index in [1.165, 1.54) is 11.3 Å². The minimum absolute atomic E-state index is 0.318. The van der Waals surface area contributed by atoms with Crippen LogP contribution in [0.1, 0.15) is 30.3 Å². The summed E-state index contributed by atoms with van der Waals surface area (Å²) in [5.74, 6) is 0.136. The molecule has 0 amide bonds. The average molecular weight is 263 g/mol. The highest BCUT2D eigenvalue weighted by Gasteiger charge is 2.13. The first-order chi connectivity index (χ1) is 8.81. The van der Waals surface area contributed by atoms with Gasteiger partial charge in [0.1, 0.15) is 0 Å². The van der Waals surface area contributed by atoms with Gasteiger partial charge in [-0.05, 0) is 12.5 Å². The number of carbonyl (C=O) groups is 1. The van der Waals surface area contributed by atoms with Crippen molar-refractivity contribution in [3.05, 3.63) is 29.5 Å². The second-order valence-electron chi connectivity index (χ2n) is 3.60. The third kappa shape index (κ3) is 3.10. The van der Waals surface area contributed by atoms with Crippen LogP contribution in [0.15, 0.2) is 23.8 Å². The van der Waals surface area contributed by atoms with Gasteiger partial charge in [-0.1, -0.05) is 13.3 Å². The molecule has 18 heavy (non-hydrogen) atoms. The zero-order valence-electron chi connectivity index (χ0n) is 10.00. The predicted molar refractivity (Wildman–Crippen MR) is 68.3 cm³/mol. The number of carbonyl (C=O) groups excluding carboxylic acids is 1. The van der Waals surface area contributed by atoms with Gasteiger partial charge in [-0.25, -0.2) is 19.7 Å². The number of esters is 1. The number of ether oxygens (including phenoxy) is 1. The van der Waals surface area contributed by atoms with Crippen molar-refractivity contribution >= 4 is 17.3 Å². The molecule has 0 spiro atoms. The summed E-state index contributed by atoms with van der Waals surface area (Å²) in [6.45, 7) is 2.48. The summed E-state index contributed by atoms with van der Waals surface area (Å²) in [6, 6.07) is 1.73. The number of hydrogen-bond donors (Lipinski definition) is 0. The largest absolute Gasteiger partial charge is 0.461 e. The first-order valence-corrected chi connectivity index (χ1v) is 6.59. The lowest BCUT2D eigenvalue weighted by atomic mass is 10.4. The Morgan fingerprint density at radius 1 is 1.39 bits per heavy atom. The maximum Gasteiger partial charge on any atom is 0.357 e. The van der Waals surface area contributed by atoms with Crippen molar-refractivity contribution in [2.24, 2.45) is 0 Å². The minimum atomic E-state index is -0.387. The van der Waals surface area contributed by atoms with Crippen molar-refractivity contribution in [2.45, 2.75) is 19.8 Å². The van der Waals surface area contributed by atoms with Crippen LogP contribution in [0.3, 0.4) is 0 Å². The van der Waals surface area contributed by atoms with Crippen LogP contribution in [0, 0.1) is 0 Å². The van der Waals surface area contributed by atoms with Crippen LogP contribution in [0.25, 0.3) is 10.8 Å². The van der Waals surface area contributed by atoms with E-state index < -0.39 is 0 Å². The quantitative estimate of drug-likeness (QED) is 0.612. The van der Waals surface area contributed by atoms with Crippen LogP contribution in [0.4, 0.5) is 0 Å². The monoisotopic (exact) mass is 263 g/mol. The molecule has 6 heteroatoms. The number of hydrogen-bond acceptors (Lipinski definition) is 6. The molecule has 0 radical (unpaired) electrons. The van der Waals surface area contributed by atoms with Crippen molar-refractivity contribution < 1.29 is 9.53 Å². The molecule has 2 rings (SSSR count). The van der Waals surface area contributed by atoms with E-state index in [4.69, 9.17) is 4.74 Å². The van der Waals surface area contributed by atoms with E-state index in [0.717, 1.165) is 12.8 Å². The van der Waals surface area contributed by atoms with Gasteiger partial charge in [-0.2, -0.15) is 0 Å². The molecule has 0 bridgehead atoms. The van der Waals surface area contributed by atoms with Gasteiger partial charge in [0, 0.05) is 17.8 Å². The maximum atomic E-state index is 11.6. The molecule has 0 fully saturated rings. The van der Waals surface area contributed by atoms with Crippen molar-refractivity contribution in [3.63, 3.8) is 0 Å². The number of thiazole rings is 1. The smallest absolute Gasteiger partial charge is 0.357 e. The Hall–Kier alpha value is -1.82. The van der Waals surface area contributed by atoms with E-state index in [9.17, 15) is 4.79 Å². The Kier molecular flexibility index (Phi) is 4.35. The molecule has 94 valence electrons. The number of nitrogens with zero attached hydrogens (tertiary/aromatic N) is 3. The SMILES string of the molecule is CCCCOC(=O)c1csc(-c2ncccn2)n1. The lowest BCUT2D eigenvalue weighted by Crippen LogP contribution is -2.06. The fraction of sp³-hybridized carbons (Fsp3) is 0.333. The summed E-state index contributed by atoms with van der Waals surface area (Å²) >= 11 is 1.33. The highest BCUT2D eigenvalue weighted by atomic mass is 32.1. The summed E-state index contributed by atoms with van der Waals surface area (Å²) in [4.78, 5) is 24.0. The van der Waals surface area contributed by atoms with Crippen LogP contribution >= 0.6 is 11.3 Å². The van der Waals surface area contributed by atoms with Crippen LogP contribution < -0.4 is 0 Å². The van der Waals surface area contributed by atoms with E-state index >= 15 is 0 Å². The molecule has 0 saturated carbocycles. The summed E-state index contributed by atoms with van der Waals surface area (Å²) in [5, 5.41) is 2.29. The summed E-state index contributed by atoms with van der Waals surface area (Å²) < 4.78 is 5.08. The maximum absolute atomic E-state index is 11.6. The lowest BCUT2D eigenvalue weighted by Gasteiger charge is -2.00. The Balaban J connectivity index is 2.04. The average Bonchev–Trinajstić information content (AvgIpc) is 2.89. The van der Waals surface area contributed by atoms with Crippen LogP contribution in [0.5, 0.6) is 0 Å². The highest BCUT2D eigenvalue weighted by Crippen LogP contribution is 2.19. The molecule has 0 N–H and O–H groups in total. The molecule has 5 nitrogen and oxygen atoms in total. The van der Waals surface area contributed by atoms with Crippen molar-refractivity contribution in [3.8, 4) is 10.8 Å². The van der Waals surface area contributed by atoms with E-state index in [1.807, 2.05) is 6.92 Å². The second kappa shape index (κ2) is 6.20. The highest BCUT2D eigenvalue weighted by molar-refractivity contribution is 7.13. The molecule has 0 aromatic carbocycles. The Bertz CT molecular complexity index is 513. The Morgan fingerprint density at radius 3 is 2.89 bits per heavy atom. The zero-order valence-corrected chi connectivity index (χ0v) is 10.8. The molecule has 0 unspecified atom stereocenters. The summed E-state index contributed by atoms with van der Waals surface area (Å²) in [6.07, 6.45) is 5.14. The topological polar surface area (TPSA) is 65.0 Å². The molecule has 0 saturated heterocycles. The van der Waals surface area contributed by atoms with Gasteiger partial charge in [-0.15, -0.1) is 11.3 Å². The fourth-order valence-electron chi connectivity index (χ4n) is 1.26. The molecule has 2 aromatic heterocycles. The van der Waals surface area contributed by atoms with Crippen LogP contribution in [0.2, 0.25) is 0 Å². The molecule has 0 aliphatic rings. The molecule has 2 heterocycles. The van der Waals surface area contributed by atoms with Crippen molar-refractivity contribution in [1.82, 2.24) is 15.0 Å². The Labute approximate surface area is 109 Å². The molecular formula is C12H13N3O2S. The summed E-state index contributed by atoms with van der Waals surface area (Å²) in [7, 11) is 0. The first-order valence-electron chi connectivity index (χ1n) is 5.71. The van der Waals surface area contributed by atoms with Gasteiger partial charge in [0.2, 0.25) is 0 Å². The zero-order chi connectivity index (χ0) is 12.8. The first kappa shape index (κ1) is 12.6. The standard InChI is InChI=1S/C12H13N3O2S/c1-2-3-7-17-12(16)9-8-18-11(15-9)10-13-5-4-6-14-10/h4-6,8H,2-3,7H2,1H3. The summed E-state index contributed by atoms with van der Waals surface area (Å²) in [5.41, 5.74) is 0.318. The van der Waals surface area contributed by atoms with Gasteiger partial charge < -0.3 is 4.74 Å². The normalized spacial score (nSPS) is 10.3. The van der Waals surface area contributed by atoms with Crippen LogP contribution in [-0.2, 0) is 4.74 Å². The van der Waals surface area contributed by atoms with Gasteiger partial charge in [0.25, 0.3) is 0 Å². The number of unbranched alkanes of at least 4 members (excludes halogenated alkanes) is 1. The lowest BCUT2D eigenvalue weighted by molar-refractivity contribution is 0.0494. The Morgan fingerprint density at radius 2 is 2.17 bits per heavy atom. The van der Waals surface area contributed by atoms with Crippen molar-refractivity contribution in [1.29, 1.82) is 0 Å². The molecular weight excluding hydrogens is 250 g/mol. The fourth-order valence-corrected chi connectivity index (χ4v) is 2.00. The third-order valence-corrected chi connectivity index (χ3v) is 3.04. The molecule has 2 aromatic rings. The van der Waals surface area contributed by atoms with Crippen LogP contribution in [-0.4, -0.2) is 27.5 Å². The molecule has 0 aliphatic heterocycles. The predicted octanol–water partition coefficient (Wildman–Crippen LogP) is 2.56. The van der Waals surface area contributed by atoms with Gasteiger partial charge >= 0.3 is 5.97 Å². The minimum Gasteiger partial charge on any atom is -0.461 e. The van der Waals surface area contributed by atoms with E-state index in [1.54, 1.807) is 23.8 Å². The van der Waals surface area contributed by atoms with Gasteiger partial charge in [-0.3, -0.25) is 0 Å². The van der Waals surface area contributed by atoms with Gasteiger partial charge in [0.05, 0.1) is 6.61 Å². The van der Waals surface area contributed by atoms with Gasteiger partial charge in [0.15, 0.2) is 16.5 Å². The van der Waals surface area contributed by atoms with Crippen molar-refractivity contribution in [2.75, 3.05) is 6.61 Å². The molecule has 0 aliphatic carbocycles. The third-order valence-electron chi connectivity index (χ3n) is 2.20. The number of aromatic nitrogens is 3. The molecule has 0 atom stereocenters. The van der Waals surface area contributed by atoms with E-state index in [2.05, 4.69) is 15.0 Å². The number of rotatable bonds is 5. The second-order valence-corrected chi connectivity index (χ2v) is 4.46. The van der Waals surface area contributed by atoms with E-state index in [-0.39, 0.29) is 5.97 Å².